The molecule has 0 aliphatic heterocycles. The first-order valence-electron chi connectivity index (χ1n) is 7.37. The van der Waals surface area contributed by atoms with Crippen molar-refractivity contribution in [2.45, 2.75) is 58.9 Å². The van der Waals surface area contributed by atoms with Gasteiger partial charge in [-0.3, -0.25) is 0 Å². The third kappa shape index (κ3) is 3.38. The molecule has 1 heterocycles. The van der Waals surface area contributed by atoms with Crippen molar-refractivity contribution in [3.63, 3.8) is 0 Å². The third-order valence-electron chi connectivity index (χ3n) is 3.68. The van der Waals surface area contributed by atoms with E-state index in [1.54, 1.807) is 0 Å². The molecule has 0 bridgehead atoms. The molecule has 0 saturated carbocycles. The Balaban J connectivity index is 1.84. The van der Waals surface area contributed by atoms with Crippen LogP contribution in [0.5, 0.6) is 0 Å². The molecular formula is C17H25N. The highest BCUT2D eigenvalue weighted by Gasteiger charge is 2.00. The average Bonchev–Trinajstić information content (AvgIpc) is 2.76. The lowest BCUT2D eigenvalue weighted by Gasteiger charge is -2.05. The number of fused-ring (bicyclic) bond motifs is 1. The van der Waals surface area contributed by atoms with Crippen molar-refractivity contribution in [3.8, 4) is 0 Å². The molecule has 1 aromatic carbocycles. The van der Waals surface area contributed by atoms with Crippen LogP contribution in [0, 0.1) is 6.92 Å². The summed E-state index contributed by atoms with van der Waals surface area (Å²) in [5.41, 5.74) is 2.73. The predicted octanol–water partition coefficient (Wildman–Crippen LogP) is 5.31. The van der Waals surface area contributed by atoms with Gasteiger partial charge in [0.05, 0.1) is 0 Å². The molecular weight excluding hydrogens is 218 g/mol. The van der Waals surface area contributed by atoms with E-state index in [4.69, 9.17) is 0 Å². The fourth-order valence-electron chi connectivity index (χ4n) is 2.58. The van der Waals surface area contributed by atoms with Gasteiger partial charge < -0.3 is 4.57 Å². The molecule has 0 aliphatic carbocycles. The molecule has 0 saturated heterocycles. The summed E-state index contributed by atoms with van der Waals surface area (Å²) < 4.78 is 2.40. The van der Waals surface area contributed by atoms with Crippen LogP contribution < -0.4 is 0 Å². The Kier molecular flexibility index (Phi) is 4.86. The van der Waals surface area contributed by atoms with Gasteiger partial charge in [-0.1, -0.05) is 50.7 Å². The Labute approximate surface area is 111 Å². The van der Waals surface area contributed by atoms with Crippen LogP contribution in [-0.2, 0) is 6.54 Å². The number of nitrogens with zero attached hydrogens (tertiary/aromatic N) is 1. The maximum Gasteiger partial charge on any atom is 0.0480 e. The van der Waals surface area contributed by atoms with E-state index in [0.29, 0.717) is 0 Å². The first-order valence-corrected chi connectivity index (χ1v) is 7.37. The van der Waals surface area contributed by atoms with Gasteiger partial charge in [0.15, 0.2) is 0 Å². The molecule has 0 amide bonds. The summed E-state index contributed by atoms with van der Waals surface area (Å²) in [7, 11) is 0. The van der Waals surface area contributed by atoms with Crippen LogP contribution in [0.2, 0.25) is 0 Å². The molecule has 0 unspecified atom stereocenters. The molecule has 0 fully saturated rings. The maximum atomic E-state index is 2.40. The molecule has 2 rings (SSSR count). The number of hydrogen-bond acceptors (Lipinski definition) is 0. The zero-order valence-electron chi connectivity index (χ0n) is 11.8. The number of aromatic nitrogens is 1. The van der Waals surface area contributed by atoms with Gasteiger partial charge in [-0.2, -0.15) is 0 Å². The van der Waals surface area contributed by atoms with Gasteiger partial charge in [0.2, 0.25) is 0 Å². The molecule has 1 nitrogen and oxygen atoms in total. The standard InChI is InChI=1S/C17H25N/c1-3-4-5-6-7-8-12-18-13-11-16-14-15(2)9-10-17(16)18/h9-11,13-14H,3-8,12H2,1-2H3. The monoisotopic (exact) mass is 243 g/mol. The highest BCUT2D eigenvalue weighted by atomic mass is 14.9. The van der Waals surface area contributed by atoms with E-state index in [1.807, 2.05) is 0 Å². The Morgan fingerprint density at radius 3 is 2.56 bits per heavy atom. The molecule has 0 aliphatic rings. The van der Waals surface area contributed by atoms with Crippen LogP contribution in [-0.4, -0.2) is 4.57 Å². The normalized spacial score (nSPS) is 11.2. The minimum atomic E-state index is 1.17. The van der Waals surface area contributed by atoms with Gasteiger partial charge in [0.25, 0.3) is 0 Å². The van der Waals surface area contributed by atoms with Gasteiger partial charge >= 0.3 is 0 Å². The van der Waals surface area contributed by atoms with Crippen LogP contribution in [0.1, 0.15) is 51.0 Å². The summed E-state index contributed by atoms with van der Waals surface area (Å²) in [6, 6.07) is 8.97. The zero-order valence-corrected chi connectivity index (χ0v) is 11.8. The molecule has 0 radical (unpaired) electrons. The Morgan fingerprint density at radius 2 is 1.72 bits per heavy atom. The summed E-state index contributed by atoms with van der Waals surface area (Å²) in [5.74, 6) is 0. The van der Waals surface area contributed by atoms with Crippen molar-refractivity contribution in [3.05, 3.63) is 36.0 Å². The Hall–Kier alpha value is -1.24. The van der Waals surface area contributed by atoms with Crippen molar-refractivity contribution in [1.29, 1.82) is 0 Å². The largest absolute Gasteiger partial charge is 0.347 e. The van der Waals surface area contributed by atoms with Crippen molar-refractivity contribution < 1.29 is 0 Å². The number of rotatable bonds is 7. The topological polar surface area (TPSA) is 4.93 Å². The minimum absolute atomic E-state index is 1.17. The van der Waals surface area contributed by atoms with Crippen molar-refractivity contribution in [2.24, 2.45) is 0 Å². The van der Waals surface area contributed by atoms with Crippen LogP contribution in [0.25, 0.3) is 10.9 Å². The molecule has 1 heteroatoms. The fourth-order valence-corrected chi connectivity index (χ4v) is 2.58. The molecule has 2 aromatic rings. The number of benzene rings is 1. The van der Waals surface area contributed by atoms with Gasteiger partial charge in [-0.25, -0.2) is 0 Å². The molecule has 1 aromatic heterocycles. The second-order valence-electron chi connectivity index (χ2n) is 5.34. The molecule has 98 valence electrons. The minimum Gasteiger partial charge on any atom is -0.347 e. The molecule has 18 heavy (non-hydrogen) atoms. The molecule has 0 atom stereocenters. The van der Waals surface area contributed by atoms with E-state index >= 15 is 0 Å². The van der Waals surface area contributed by atoms with E-state index in [0.717, 1.165) is 0 Å². The number of hydrogen-bond donors (Lipinski definition) is 0. The second kappa shape index (κ2) is 6.63. The SMILES string of the molecule is CCCCCCCCn1ccc2cc(C)ccc21. The van der Waals surface area contributed by atoms with Gasteiger partial charge in [-0.05, 0) is 36.9 Å². The van der Waals surface area contributed by atoms with Crippen molar-refractivity contribution >= 4 is 10.9 Å². The Morgan fingerprint density at radius 1 is 0.944 bits per heavy atom. The van der Waals surface area contributed by atoms with E-state index in [1.165, 1.54) is 61.5 Å². The van der Waals surface area contributed by atoms with E-state index in [9.17, 15) is 0 Å². The lowest BCUT2D eigenvalue weighted by atomic mass is 10.1. The van der Waals surface area contributed by atoms with Crippen LogP contribution in [0.4, 0.5) is 0 Å². The zero-order chi connectivity index (χ0) is 12.8. The van der Waals surface area contributed by atoms with Gasteiger partial charge in [0, 0.05) is 18.3 Å². The van der Waals surface area contributed by atoms with Gasteiger partial charge in [-0.15, -0.1) is 0 Å². The highest BCUT2D eigenvalue weighted by molar-refractivity contribution is 5.80. The van der Waals surface area contributed by atoms with Crippen molar-refractivity contribution in [1.82, 2.24) is 4.57 Å². The van der Waals surface area contributed by atoms with E-state index in [2.05, 4.69) is 48.9 Å². The van der Waals surface area contributed by atoms with Crippen LogP contribution in [0.3, 0.4) is 0 Å². The molecule has 0 N–H and O–H groups in total. The first kappa shape index (κ1) is 13.2. The predicted molar refractivity (Wildman–Crippen MR) is 80.1 cm³/mol. The molecule has 0 spiro atoms. The quantitative estimate of drug-likeness (QED) is 0.581. The van der Waals surface area contributed by atoms with E-state index in [-0.39, 0.29) is 0 Å². The lowest BCUT2D eigenvalue weighted by Crippen LogP contribution is -1.95. The van der Waals surface area contributed by atoms with Crippen molar-refractivity contribution in [2.75, 3.05) is 0 Å². The smallest absolute Gasteiger partial charge is 0.0480 e. The Bertz CT molecular complexity index is 481. The third-order valence-corrected chi connectivity index (χ3v) is 3.68. The highest BCUT2D eigenvalue weighted by Crippen LogP contribution is 2.18. The average molecular weight is 243 g/mol. The first-order chi connectivity index (χ1) is 8.81. The van der Waals surface area contributed by atoms with Gasteiger partial charge in [0.1, 0.15) is 0 Å². The van der Waals surface area contributed by atoms with E-state index < -0.39 is 0 Å². The number of aryl methyl sites for hydroxylation is 2. The van der Waals surface area contributed by atoms with Crippen LogP contribution >= 0.6 is 0 Å². The second-order valence-corrected chi connectivity index (χ2v) is 5.34. The summed E-state index contributed by atoms with van der Waals surface area (Å²) in [6.07, 6.45) is 10.4. The fraction of sp³-hybridized carbons (Fsp3) is 0.529. The summed E-state index contributed by atoms with van der Waals surface area (Å²) in [5, 5.41) is 1.38. The summed E-state index contributed by atoms with van der Waals surface area (Å²) in [6.45, 7) is 5.59. The maximum absolute atomic E-state index is 2.40. The summed E-state index contributed by atoms with van der Waals surface area (Å²) in [4.78, 5) is 0. The summed E-state index contributed by atoms with van der Waals surface area (Å²) >= 11 is 0. The number of unbranched alkanes of at least 4 members (excludes halogenated alkanes) is 5. The van der Waals surface area contributed by atoms with Crippen LogP contribution in [0.15, 0.2) is 30.5 Å². The lowest BCUT2D eigenvalue weighted by molar-refractivity contribution is 0.565.